The van der Waals surface area contributed by atoms with E-state index in [1.807, 2.05) is 12.1 Å². The van der Waals surface area contributed by atoms with Gasteiger partial charge < -0.3 is 14.8 Å². The topological polar surface area (TPSA) is 86.3 Å². The molecular formula is C23H28N2O6. The number of anilines is 1. The number of rotatable bonds is 8. The summed E-state index contributed by atoms with van der Waals surface area (Å²) in [7, 11) is 5.86. The van der Waals surface area contributed by atoms with Crippen molar-refractivity contribution < 1.29 is 28.7 Å². The predicted octanol–water partition coefficient (Wildman–Crippen LogP) is 3.72. The van der Waals surface area contributed by atoms with Gasteiger partial charge in [0.1, 0.15) is 0 Å². The van der Waals surface area contributed by atoms with E-state index in [0.29, 0.717) is 35.6 Å². The van der Waals surface area contributed by atoms with Crippen LogP contribution in [0.4, 0.5) is 5.69 Å². The second-order valence-corrected chi connectivity index (χ2v) is 7.32. The first-order valence-corrected chi connectivity index (χ1v) is 10.1. The van der Waals surface area contributed by atoms with Crippen molar-refractivity contribution in [2.75, 3.05) is 33.8 Å². The average molecular weight is 428 g/mol. The Balaban J connectivity index is 1.79. The lowest BCUT2D eigenvalue weighted by molar-refractivity contribution is -0.321. The molecule has 0 radical (unpaired) electrons. The Kier molecular flexibility index (Phi) is 7.14. The SMILES string of the molecule is COc1ccc(C(=O)Nc2ccc(C3(C(=O)N(OC)OC)CCCC3)cc2)cc1OC. The maximum absolute atomic E-state index is 13.1. The van der Waals surface area contributed by atoms with Gasteiger partial charge in [-0.1, -0.05) is 30.2 Å². The number of hydrogen-bond donors (Lipinski definition) is 1. The van der Waals surface area contributed by atoms with Gasteiger partial charge in [-0.3, -0.25) is 9.59 Å². The normalized spacial score (nSPS) is 14.7. The highest BCUT2D eigenvalue weighted by atomic mass is 16.9. The summed E-state index contributed by atoms with van der Waals surface area (Å²) in [6, 6.07) is 12.3. The van der Waals surface area contributed by atoms with Crippen LogP contribution < -0.4 is 14.8 Å². The van der Waals surface area contributed by atoms with Crippen molar-refractivity contribution in [2.24, 2.45) is 0 Å². The summed E-state index contributed by atoms with van der Waals surface area (Å²) in [6.45, 7) is 0. The number of hydrogen-bond acceptors (Lipinski definition) is 6. The molecule has 31 heavy (non-hydrogen) atoms. The van der Waals surface area contributed by atoms with Gasteiger partial charge in [-0.15, -0.1) is 0 Å². The number of nitrogens with one attached hydrogen (secondary N) is 1. The molecule has 3 rings (SSSR count). The molecule has 166 valence electrons. The van der Waals surface area contributed by atoms with Crippen LogP contribution in [0.1, 0.15) is 41.6 Å². The number of carbonyl (C=O) groups excluding carboxylic acids is 2. The summed E-state index contributed by atoms with van der Waals surface area (Å²) in [5, 5.41) is 3.80. The zero-order valence-corrected chi connectivity index (χ0v) is 18.3. The maximum Gasteiger partial charge on any atom is 0.283 e. The molecule has 1 N–H and O–H groups in total. The van der Waals surface area contributed by atoms with Crippen molar-refractivity contribution in [2.45, 2.75) is 31.1 Å². The Bertz CT molecular complexity index is 918. The zero-order valence-electron chi connectivity index (χ0n) is 18.3. The second-order valence-electron chi connectivity index (χ2n) is 7.32. The number of carbonyl (C=O) groups is 2. The molecule has 8 nitrogen and oxygen atoms in total. The van der Waals surface area contributed by atoms with Gasteiger partial charge in [-0.25, -0.2) is 9.68 Å². The summed E-state index contributed by atoms with van der Waals surface area (Å²) >= 11 is 0. The lowest BCUT2D eigenvalue weighted by Gasteiger charge is -2.31. The minimum Gasteiger partial charge on any atom is -0.493 e. The van der Waals surface area contributed by atoms with Crippen LogP contribution in [-0.2, 0) is 19.9 Å². The summed E-state index contributed by atoms with van der Waals surface area (Å²) in [5.74, 6) is 0.534. The van der Waals surface area contributed by atoms with Gasteiger partial charge in [0.25, 0.3) is 11.8 Å². The minimum absolute atomic E-state index is 0.225. The fraction of sp³-hybridized carbons (Fsp3) is 0.391. The van der Waals surface area contributed by atoms with Crippen LogP contribution >= 0.6 is 0 Å². The molecule has 2 aromatic carbocycles. The fourth-order valence-electron chi connectivity index (χ4n) is 4.07. The molecule has 0 aliphatic heterocycles. The Labute approximate surface area is 181 Å². The lowest BCUT2D eigenvalue weighted by Crippen LogP contribution is -2.44. The predicted molar refractivity (Wildman–Crippen MR) is 115 cm³/mol. The number of methoxy groups -OCH3 is 2. The highest BCUT2D eigenvalue weighted by Gasteiger charge is 2.46. The number of benzene rings is 2. The van der Waals surface area contributed by atoms with Gasteiger partial charge in [0.05, 0.1) is 33.9 Å². The Morgan fingerprint density at radius 1 is 0.871 bits per heavy atom. The molecule has 0 unspecified atom stereocenters. The lowest BCUT2D eigenvalue weighted by atomic mass is 9.78. The Morgan fingerprint density at radius 2 is 1.48 bits per heavy atom. The summed E-state index contributed by atoms with van der Waals surface area (Å²) in [5.41, 5.74) is 1.25. The van der Waals surface area contributed by atoms with Gasteiger partial charge in [0.2, 0.25) is 0 Å². The molecule has 1 aliphatic carbocycles. The molecule has 1 fully saturated rings. The van der Waals surface area contributed by atoms with Gasteiger partial charge in [0.15, 0.2) is 11.5 Å². The van der Waals surface area contributed by atoms with E-state index >= 15 is 0 Å². The van der Waals surface area contributed by atoms with Gasteiger partial charge in [-0.2, -0.15) is 0 Å². The number of hydroxylamine groups is 2. The van der Waals surface area contributed by atoms with E-state index in [2.05, 4.69) is 5.32 Å². The Hall–Kier alpha value is -3.10. The van der Waals surface area contributed by atoms with Crippen LogP contribution in [0, 0.1) is 0 Å². The first-order chi connectivity index (χ1) is 15.0. The number of nitrogens with zero attached hydrogens (tertiary/aromatic N) is 1. The van der Waals surface area contributed by atoms with Crippen LogP contribution in [0.5, 0.6) is 11.5 Å². The van der Waals surface area contributed by atoms with E-state index in [1.165, 1.54) is 21.3 Å². The monoisotopic (exact) mass is 428 g/mol. The summed E-state index contributed by atoms with van der Waals surface area (Å²) in [4.78, 5) is 35.9. The molecule has 0 saturated heterocycles. The van der Waals surface area contributed by atoms with Crippen LogP contribution in [-0.4, -0.2) is 45.5 Å². The first-order valence-electron chi connectivity index (χ1n) is 10.1. The molecular weight excluding hydrogens is 400 g/mol. The Morgan fingerprint density at radius 3 is 2.03 bits per heavy atom. The van der Waals surface area contributed by atoms with E-state index in [-0.39, 0.29) is 11.8 Å². The molecule has 0 heterocycles. The van der Waals surface area contributed by atoms with Crippen molar-refractivity contribution in [1.29, 1.82) is 0 Å². The van der Waals surface area contributed by atoms with Gasteiger partial charge in [0, 0.05) is 11.3 Å². The summed E-state index contributed by atoms with van der Waals surface area (Å²) < 4.78 is 10.5. The van der Waals surface area contributed by atoms with Crippen molar-refractivity contribution in [3.8, 4) is 11.5 Å². The molecule has 8 heteroatoms. The molecule has 1 aliphatic rings. The second kappa shape index (κ2) is 9.80. The van der Waals surface area contributed by atoms with Crippen LogP contribution in [0.2, 0.25) is 0 Å². The number of amides is 2. The quantitative estimate of drug-likeness (QED) is 0.645. The smallest absolute Gasteiger partial charge is 0.283 e. The van der Waals surface area contributed by atoms with E-state index in [1.54, 1.807) is 37.4 Å². The van der Waals surface area contributed by atoms with Crippen LogP contribution in [0.3, 0.4) is 0 Å². The standard InChI is InChI=1S/C23H28N2O6/c1-28-19-12-7-16(15-20(19)29-2)21(26)24-18-10-8-17(9-11-18)23(13-5-6-14-23)22(27)25(30-3)31-4/h7-12,15H,5-6,13-14H2,1-4H3,(H,24,26). The summed E-state index contributed by atoms with van der Waals surface area (Å²) in [6.07, 6.45) is 3.33. The van der Waals surface area contributed by atoms with Crippen LogP contribution in [0.25, 0.3) is 0 Å². The van der Waals surface area contributed by atoms with Crippen LogP contribution in [0.15, 0.2) is 42.5 Å². The largest absolute Gasteiger partial charge is 0.493 e. The van der Waals surface area contributed by atoms with E-state index < -0.39 is 5.41 Å². The van der Waals surface area contributed by atoms with Gasteiger partial charge in [-0.05, 0) is 48.7 Å². The third-order valence-electron chi connectivity index (χ3n) is 5.71. The number of ether oxygens (including phenoxy) is 2. The molecule has 0 bridgehead atoms. The third kappa shape index (κ3) is 4.50. The average Bonchev–Trinajstić information content (AvgIpc) is 3.31. The molecule has 2 amide bonds. The van der Waals surface area contributed by atoms with Gasteiger partial charge >= 0.3 is 0 Å². The molecule has 1 saturated carbocycles. The van der Waals surface area contributed by atoms with Crippen molar-refractivity contribution in [3.63, 3.8) is 0 Å². The zero-order chi connectivity index (χ0) is 22.4. The molecule has 0 aromatic heterocycles. The van der Waals surface area contributed by atoms with Crippen molar-refractivity contribution >= 4 is 17.5 Å². The maximum atomic E-state index is 13.1. The first kappa shape index (κ1) is 22.6. The highest BCUT2D eigenvalue weighted by Crippen LogP contribution is 2.43. The molecule has 2 aromatic rings. The highest BCUT2D eigenvalue weighted by molar-refractivity contribution is 6.04. The van der Waals surface area contributed by atoms with Crippen molar-refractivity contribution in [1.82, 2.24) is 5.23 Å². The third-order valence-corrected chi connectivity index (χ3v) is 5.71. The van der Waals surface area contributed by atoms with E-state index in [0.717, 1.165) is 23.6 Å². The molecule has 0 spiro atoms. The fourth-order valence-corrected chi connectivity index (χ4v) is 4.07. The van der Waals surface area contributed by atoms with E-state index in [4.69, 9.17) is 19.1 Å². The van der Waals surface area contributed by atoms with E-state index in [9.17, 15) is 9.59 Å². The molecule has 0 atom stereocenters. The minimum atomic E-state index is -0.697. The van der Waals surface area contributed by atoms with Crippen molar-refractivity contribution in [3.05, 3.63) is 53.6 Å².